The van der Waals surface area contributed by atoms with E-state index in [-0.39, 0.29) is 5.91 Å². The van der Waals surface area contributed by atoms with Crippen molar-refractivity contribution in [2.75, 3.05) is 27.3 Å². The molecule has 0 fully saturated rings. The standard InChI is InChI=1S/C10H13FN2O2/c1-13(5-6-15-2)10(14)8-3-4-9(11)12-7-8/h3-4,7H,5-6H2,1-2H3. The highest BCUT2D eigenvalue weighted by atomic mass is 19.1. The zero-order chi connectivity index (χ0) is 11.3. The second-order valence-electron chi connectivity index (χ2n) is 3.09. The molecule has 0 aromatic carbocycles. The summed E-state index contributed by atoms with van der Waals surface area (Å²) in [6, 6.07) is 2.57. The van der Waals surface area contributed by atoms with Crippen molar-refractivity contribution in [1.29, 1.82) is 0 Å². The van der Waals surface area contributed by atoms with Gasteiger partial charge in [0.05, 0.1) is 12.2 Å². The van der Waals surface area contributed by atoms with Gasteiger partial charge in [-0.15, -0.1) is 0 Å². The predicted molar refractivity (Wildman–Crippen MR) is 53.0 cm³/mol. The summed E-state index contributed by atoms with van der Waals surface area (Å²) in [6.45, 7) is 0.962. The lowest BCUT2D eigenvalue weighted by Gasteiger charge is -2.16. The van der Waals surface area contributed by atoms with E-state index in [2.05, 4.69) is 4.98 Å². The Balaban J connectivity index is 2.63. The minimum Gasteiger partial charge on any atom is -0.383 e. The Morgan fingerprint density at radius 2 is 2.33 bits per heavy atom. The molecule has 5 heteroatoms. The number of ether oxygens (including phenoxy) is 1. The van der Waals surface area contributed by atoms with Crippen molar-refractivity contribution in [3.8, 4) is 0 Å². The maximum absolute atomic E-state index is 12.5. The van der Waals surface area contributed by atoms with Crippen LogP contribution in [0.2, 0.25) is 0 Å². The smallest absolute Gasteiger partial charge is 0.255 e. The molecule has 0 aliphatic rings. The normalized spacial score (nSPS) is 10.1. The summed E-state index contributed by atoms with van der Waals surface area (Å²) >= 11 is 0. The minimum atomic E-state index is -0.592. The van der Waals surface area contributed by atoms with Gasteiger partial charge in [-0.2, -0.15) is 4.39 Å². The first-order valence-corrected chi connectivity index (χ1v) is 4.51. The van der Waals surface area contributed by atoms with E-state index in [0.29, 0.717) is 18.7 Å². The van der Waals surface area contributed by atoms with Crippen molar-refractivity contribution >= 4 is 5.91 Å². The number of carbonyl (C=O) groups is 1. The Kier molecular flexibility index (Phi) is 4.17. The molecule has 0 N–H and O–H groups in total. The number of hydrogen-bond acceptors (Lipinski definition) is 3. The quantitative estimate of drug-likeness (QED) is 0.697. The highest BCUT2D eigenvalue weighted by molar-refractivity contribution is 5.93. The van der Waals surface area contributed by atoms with E-state index in [1.807, 2.05) is 0 Å². The van der Waals surface area contributed by atoms with Crippen molar-refractivity contribution in [2.45, 2.75) is 0 Å². The van der Waals surface area contributed by atoms with Crippen molar-refractivity contribution in [3.05, 3.63) is 29.8 Å². The second kappa shape index (κ2) is 5.41. The molecule has 0 atom stereocenters. The van der Waals surface area contributed by atoms with Crippen LogP contribution in [0.4, 0.5) is 4.39 Å². The van der Waals surface area contributed by atoms with Crippen LogP contribution in [0.25, 0.3) is 0 Å². The van der Waals surface area contributed by atoms with Gasteiger partial charge in [0.2, 0.25) is 5.95 Å². The third kappa shape index (κ3) is 3.28. The number of carbonyl (C=O) groups excluding carboxylic acids is 1. The number of aromatic nitrogens is 1. The lowest BCUT2D eigenvalue weighted by molar-refractivity contribution is 0.0743. The molecule has 0 saturated heterocycles. The lowest BCUT2D eigenvalue weighted by atomic mass is 10.2. The van der Waals surface area contributed by atoms with Crippen molar-refractivity contribution in [1.82, 2.24) is 9.88 Å². The van der Waals surface area contributed by atoms with Crippen molar-refractivity contribution in [2.24, 2.45) is 0 Å². The van der Waals surface area contributed by atoms with Gasteiger partial charge in [0.15, 0.2) is 0 Å². The maximum atomic E-state index is 12.5. The number of pyridine rings is 1. The van der Waals surface area contributed by atoms with Crippen LogP contribution in [0.5, 0.6) is 0 Å². The summed E-state index contributed by atoms with van der Waals surface area (Å²) in [5, 5.41) is 0. The van der Waals surface area contributed by atoms with Crippen LogP contribution < -0.4 is 0 Å². The summed E-state index contributed by atoms with van der Waals surface area (Å²) in [5.41, 5.74) is 0.370. The van der Waals surface area contributed by atoms with Gasteiger partial charge >= 0.3 is 0 Å². The maximum Gasteiger partial charge on any atom is 0.255 e. The van der Waals surface area contributed by atoms with E-state index in [4.69, 9.17) is 4.74 Å². The molecule has 0 radical (unpaired) electrons. The Morgan fingerprint density at radius 3 is 2.87 bits per heavy atom. The third-order valence-electron chi connectivity index (χ3n) is 1.95. The van der Waals surface area contributed by atoms with E-state index >= 15 is 0 Å². The summed E-state index contributed by atoms with van der Waals surface area (Å²) in [7, 11) is 3.22. The number of rotatable bonds is 4. The van der Waals surface area contributed by atoms with Crippen LogP contribution in [0, 0.1) is 5.95 Å². The van der Waals surface area contributed by atoms with E-state index in [0.717, 1.165) is 6.07 Å². The second-order valence-corrected chi connectivity index (χ2v) is 3.09. The molecular weight excluding hydrogens is 199 g/mol. The van der Waals surface area contributed by atoms with Gasteiger partial charge in [0.25, 0.3) is 5.91 Å². The van der Waals surface area contributed by atoms with Gasteiger partial charge in [-0.25, -0.2) is 4.98 Å². The number of amides is 1. The molecule has 4 nitrogen and oxygen atoms in total. The molecule has 0 saturated carbocycles. The minimum absolute atomic E-state index is 0.195. The molecule has 1 aromatic rings. The molecule has 1 aromatic heterocycles. The highest BCUT2D eigenvalue weighted by Gasteiger charge is 2.11. The first kappa shape index (κ1) is 11.6. The van der Waals surface area contributed by atoms with Gasteiger partial charge in [-0.05, 0) is 12.1 Å². The monoisotopic (exact) mass is 212 g/mol. The predicted octanol–water partition coefficient (Wildman–Crippen LogP) is 0.939. The van der Waals surface area contributed by atoms with Crippen LogP contribution in [0.3, 0.4) is 0 Å². The SMILES string of the molecule is COCCN(C)C(=O)c1ccc(F)nc1. The van der Waals surface area contributed by atoms with Gasteiger partial charge < -0.3 is 9.64 Å². The Bertz CT molecular complexity index is 327. The average molecular weight is 212 g/mol. The molecule has 0 spiro atoms. The summed E-state index contributed by atoms with van der Waals surface area (Å²) < 4.78 is 17.3. The summed E-state index contributed by atoms with van der Waals surface area (Å²) in [6.07, 6.45) is 1.22. The molecule has 0 bridgehead atoms. The number of likely N-dealkylation sites (N-methyl/N-ethyl adjacent to an activating group) is 1. The third-order valence-corrected chi connectivity index (χ3v) is 1.95. The molecule has 1 amide bonds. The van der Waals surface area contributed by atoms with Crippen LogP contribution >= 0.6 is 0 Å². The van der Waals surface area contributed by atoms with Crippen LogP contribution in [-0.4, -0.2) is 43.1 Å². The molecule has 1 heterocycles. The molecule has 0 aliphatic carbocycles. The molecular formula is C10H13FN2O2. The van der Waals surface area contributed by atoms with Gasteiger partial charge in [-0.1, -0.05) is 0 Å². The average Bonchev–Trinajstić information content (AvgIpc) is 2.26. The topological polar surface area (TPSA) is 42.4 Å². The Morgan fingerprint density at radius 1 is 1.60 bits per heavy atom. The molecule has 0 unspecified atom stereocenters. The zero-order valence-electron chi connectivity index (χ0n) is 8.74. The number of nitrogens with zero attached hydrogens (tertiary/aromatic N) is 2. The molecule has 82 valence electrons. The fourth-order valence-corrected chi connectivity index (χ4v) is 1.05. The van der Waals surface area contributed by atoms with E-state index < -0.39 is 5.95 Å². The largest absolute Gasteiger partial charge is 0.383 e. The number of methoxy groups -OCH3 is 1. The first-order valence-electron chi connectivity index (χ1n) is 4.51. The summed E-state index contributed by atoms with van der Waals surface area (Å²) in [4.78, 5) is 16.6. The Hall–Kier alpha value is -1.49. The van der Waals surface area contributed by atoms with Gasteiger partial charge in [0.1, 0.15) is 0 Å². The van der Waals surface area contributed by atoms with Crippen molar-refractivity contribution in [3.63, 3.8) is 0 Å². The summed E-state index contributed by atoms with van der Waals surface area (Å²) in [5.74, 6) is -0.786. The van der Waals surface area contributed by atoms with E-state index in [1.165, 1.54) is 17.2 Å². The van der Waals surface area contributed by atoms with Crippen LogP contribution in [0.15, 0.2) is 18.3 Å². The van der Waals surface area contributed by atoms with Gasteiger partial charge in [-0.3, -0.25) is 4.79 Å². The fourth-order valence-electron chi connectivity index (χ4n) is 1.05. The molecule has 15 heavy (non-hydrogen) atoms. The number of halogens is 1. The van der Waals surface area contributed by atoms with E-state index in [9.17, 15) is 9.18 Å². The first-order chi connectivity index (χ1) is 7.15. The van der Waals surface area contributed by atoms with Gasteiger partial charge in [0, 0.05) is 26.9 Å². The van der Waals surface area contributed by atoms with Crippen LogP contribution in [-0.2, 0) is 4.74 Å². The number of hydrogen-bond donors (Lipinski definition) is 0. The fraction of sp³-hybridized carbons (Fsp3) is 0.400. The Labute approximate surface area is 87.7 Å². The molecule has 0 aliphatic heterocycles. The van der Waals surface area contributed by atoms with E-state index in [1.54, 1.807) is 14.2 Å². The zero-order valence-corrected chi connectivity index (χ0v) is 8.74. The van der Waals surface area contributed by atoms with Crippen molar-refractivity contribution < 1.29 is 13.9 Å². The highest BCUT2D eigenvalue weighted by Crippen LogP contribution is 2.02. The lowest BCUT2D eigenvalue weighted by Crippen LogP contribution is -2.30. The van der Waals surface area contributed by atoms with Crippen LogP contribution in [0.1, 0.15) is 10.4 Å². The molecule has 1 rings (SSSR count).